The third kappa shape index (κ3) is 4.10. The average molecular weight is 467 g/mol. The van der Waals surface area contributed by atoms with Crippen LogP contribution in [-0.4, -0.2) is 17.0 Å². The summed E-state index contributed by atoms with van der Waals surface area (Å²) in [4.78, 5) is 26.9. The number of rotatable bonds is 5. The predicted molar refractivity (Wildman–Crippen MR) is 130 cm³/mol. The summed E-state index contributed by atoms with van der Waals surface area (Å²) in [5.74, 6) is -3.33. The van der Waals surface area contributed by atoms with Crippen molar-refractivity contribution >= 4 is 28.7 Å². The maximum Gasteiger partial charge on any atom is 0.335 e. The Morgan fingerprint density at radius 2 is 1.46 bits per heavy atom. The van der Waals surface area contributed by atoms with Gasteiger partial charge in [0.15, 0.2) is 11.6 Å². The van der Waals surface area contributed by atoms with E-state index in [1.54, 1.807) is 17.0 Å². The molecule has 1 aliphatic rings. The second-order valence-electron chi connectivity index (χ2n) is 8.16. The Balaban J connectivity index is 1.70. The molecule has 5 rings (SSSR count). The SMILES string of the molecule is O=C(O)c1cccc(CN2C(=O)/C(=C(\c3ccccc3)c3ccc(F)c(F)c3)c3ccccc32)c1. The maximum atomic E-state index is 14.3. The molecule has 0 saturated carbocycles. The van der Waals surface area contributed by atoms with Gasteiger partial charge in [-0.3, -0.25) is 4.79 Å². The van der Waals surface area contributed by atoms with Crippen molar-refractivity contribution in [2.75, 3.05) is 4.90 Å². The first kappa shape index (κ1) is 22.2. The van der Waals surface area contributed by atoms with E-state index in [-0.39, 0.29) is 18.0 Å². The highest BCUT2D eigenvalue weighted by molar-refractivity contribution is 6.38. The molecule has 1 aliphatic heterocycles. The zero-order valence-electron chi connectivity index (χ0n) is 18.4. The van der Waals surface area contributed by atoms with E-state index in [9.17, 15) is 23.5 Å². The van der Waals surface area contributed by atoms with Gasteiger partial charge in [0.05, 0.1) is 23.4 Å². The molecule has 0 radical (unpaired) electrons. The van der Waals surface area contributed by atoms with Gasteiger partial charge in [-0.05, 0) is 47.0 Å². The topological polar surface area (TPSA) is 57.6 Å². The Labute approximate surface area is 200 Å². The number of carboxylic acid groups (broad SMARTS) is 1. The van der Waals surface area contributed by atoms with Crippen LogP contribution in [0.5, 0.6) is 0 Å². The van der Waals surface area contributed by atoms with E-state index in [4.69, 9.17) is 0 Å². The molecule has 1 N–H and O–H groups in total. The first-order valence-corrected chi connectivity index (χ1v) is 10.9. The van der Waals surface area contributed by atoms with Crippen molar-refractivity contribution in [1.29, 1.82) is 0 Å². The lowest BCUT2D eigenvalue weighted by Crippen LogP contribution is -2.26. The number of carbonyl (C=O) groups is 2. The minimum atomic E-state index is -1.05. The number of fused-ring (bicyclic) bond motifs is 1. The van der Waals surface area contributed by atoms with Gasteiger partial charge in [0.2, 0.25) is 0 Å². The van der Waals surface area contributed by atoms with Crippen LogP contribution in [0, 0.1) is 11.6 Å². The van der Waals surface area contributed by atoms with Crippen LogP contribution in [0.4, 0.5) is 14.5 Å². The Morgan fingerprint density at radius 3 is 2.20 bits per heavy atom. The highest BCUT2D eigenvalue weighted by Crippen LogP contribution is 2.43. The van der Waals surface area contributed by atoms with Gasteiger partial charge >= 0.3 is 5.97 Å². The van der Waals surface area contributed by atoms with Crippen molar-refractivity contribution < 1.29 is 23.5 Å². The molecule has 0 atom stereocenters. The standard InChI is InChI=1S/C29H19F2NO3/c30-23-14-13-20(16-24(23)31)26(19-8-2-1-3-9-19)27-22-11-4-5-12-25(22)32(28(27)33)17-18-7-6-10-21(15-18)29(34)35/h1-16H,17H2,(H,34,35)/b27-26+. The van der Waals surface area contributed by atoms with E-state index in [1.807, 2.05) is 54.6 Å². The molecule has 0 aromatic heterocycles. The number of benzene rings is 4. The second kappa shape index (κ2) is 8.99. The lowest BCUT2D eigenvalue weighted by molar-refractivity contribution is -0.113. The summed E-state index contributed by atoms with van der Waals surface area (Å²) >= 11 is 0. The van der Waals surface area contributed by atoms with Gasteiger partial charge < -0.3 is 10.0 Å². The van der Waals surface area contributed by atoms with Crippen LogP contribution >= 0.6 is 0 Å². The van der Waals surface area contributed by atoms with Gasteiger partial charge in [-0.25, -0.2) is 13.6 Å². The van der Waals surface area contributed by atoms with Crippen molar-refractivity contribution in [3.8, 4) is 0 Å². The largest absolute Gasteiger partial charge is 0.478 e. The Bertz CT molecular complexity index is 1500. The van der Waals surface area contributed by atoms with Crippen molar-refractivity contribution in [2.24, 2.45) is 0 Å². The van der Waals surface area contributed by atoms with Crippen LogP contribution in [0.25, 0.3) is 11.1 Å². The molecule has 6 heteroatoms. The van der Waals surface area contributed by atoms with Gasteiger partial charge in [-0.1, -0.05) is 66.7 Å². The first-order valence-electron chi connectivity index (χ1n) is 10.9. The lowest BCUT2D eigenvalue weighted by Gasteiger charge is -2.18. The van der Waals surface area contributed by atoms with Crippen LogP contribution in [0.15, 0.2) is 97.1 Å². The molecule has 1 heterocycles. The molecule has 172 valence electrons. The fraction of sp³-hybridized carbons (Fsp3) is 0.0345. The van der Waals surface area contributed by atoms with Gasteiger partial charge in [-0.2, -0.15) is 0 Å². The summed E-state index contributed by atoms with van der Waals surface area (Å²) in [6.07, 6.45) is 0. The zero-order valence-corrected chi connectivity index (χ0v) is 18.4. The van der Waals surface area contributed by atoms with Gasteiger partial charge in [0.1, 0.15) is 0 Å². The number of para-hydroxylation sites is 1. The number of carbonyl (C=O) groups excluding carboxylic acids is 1. The van der Waals surface area contributed by atoms with Crippen LogP contribution in [-0.2, 0) is 11.3 Å². The second-order valence-corrected chi connectivity index (χ2v) is 8.16. The summed E-state index contributed by atoms with van der Waals surface area (Å²) < 4.78 is 28.0. The molecule has 4 aromatic carbocycles. The van der Waals surface area contributed by atoms with Crippen molar-refractivity contribution in [3.63, 3.8) is 0 Å². The van der Waals surface area contributed by atoms with Crippen LogP contribution < -0.4 is 4.90 Å². The predicted octanol–water partition coefficient (Wildman–Crippen LogP) is 6.17. The summed E-state index contributed by atoms with van der Waals surface area (Å²) in [6, 6.07) is 26.4. The number of nitrogens with zero attached hydrogens (tertiary/aromatic N) is 1. The number of carboxylic acids is 1. The number of hydrogen-bond acceptors (Lipinski definition) is 2. The molecule has 0 spiro atoms. The number of aromatic carboxylic acids is 1. The Morgan fingerprint density at radius 1 is 0.743 bits per heavy atom. The van der Waals surface area contributed by atoms with E-state index < -0.39 is 17.6 Å². The normalized spacial score (nSPS) is 14.1. The minimum absolute atomic E-state index is 0.130. The first-order chi connectivity index (χ1) is 16.9. The molecule has 0 saturated heterocycles. The average Bonchev–Trinajstić information content (AvgIpc) is 3.14. The summed E-state index contributed by atoms with van der Waals surface area (Å²) in [5.41, 5.74) is 4.03. The van der Waals surface area contributed by atoms with E-state index in [0.29, 0.717) is 39.1 Å². The minimum Gasteiger partial charge on any atom is -0.478 e. The molecule has 0 bridgehead atoms. The Kier molecular flexibility index (Phi) is 5.71. The van der Waals surface area contributed by atoms with E-state index in [0.717, 1.165) is 12.1 Å². The summed E-state index contributed by atoms with van der Waals surface area (Å²) in [6.45, 7) is 0.153. The quantitative estimate of drug-likeness (QED) is 0.357. The summed E-state index contributed by atoms with van der Waals surface area (Å²) in [5, 5.41) is 9.34. The van der Waals surface area contributed by atoms with Crippen LogP contribution in [0.3, 0.4) is 0 Å². The van der Waals surface area contributed by atoms with Crippen LogP contribution in [0.1, 0.15) is 32.6 Å². The molecular formula is C29H19F2NO3. The zero-order chi connectivity index (χ0) is 24.5. The number of halogens is 2. The monoisotopic (exact) mass is 467 g/mol. The van der Waals surface area contributed by atoms with Crippen molar-refractivity contribution in [3.05, 3.63) is 137 Å². The fourth-order valence-electron chi connectivity index (χ4n) is 4.38. The number of anilines is 1. The van der Waals surface area contributed by atoms with Gasteiger partial charge in [0.25, 0.3) is 5.91 Å². The van der Waals surface area contributed by atoms with E-state index in [2.05, 4.69) is 0 Å². The fourth-order valence-corrected chi connectivity index (χ4v) is 4.38. The molecule has 35 heavy (non-hydrogen) atoms. The third-order valence-corrected chi connectivity index (χ3v) is 5.96. The van der Waals surface area contributed by atoms with Gasteiger partial charge in [0, 0.05) is 11.1 Å². The molecule has 4 nitrogen and oxygen atoms in total. The van der Waals surface area contributed by atoms with Crippen molar-refractivity contribution in [2.45, 2.75) is 6.54 Å². The van der Waals surface area contributed by atoms with E-state index in [1.165, 1.54) is 18.2 Å². The molecule has 0 unspecified atom stereocenters. The third-order valence-electron chi connectivity index (χ3n) is 5.96. The van der Waals surface area contributed by atoms with Crippen molar-refractivity contribution in [1.82, 2.24) is 0 Å². The van der Waals surface area contributed by atoms with Gasteiger partial charge in [-0.15, -0.1) is 0 Å². The molecule has 0 aliphatic carbocycles. The molecular weight excluding hydrogens is 448 g/mol. The highest BCUT2D eigenvalue weighted by Gasteiger charge is 2.35. The molecule has 1 amide bonds. The van der Waals surface area contributed by atoms with Crippen LogP contribution in [0.2, 0.25) is 0 Å². The highest BCUT2D eigenvalue weighted by atomic mass is 19.2. The smallest absolute Gasteiger partial charge is 0.335 e. The lowest BCUT2D eigenvalue weighted by atomic mass is 9.90. The molecule has 4 aromatic rings. The summed E-state index contributed by atoms with van der Waals surface area (Å²) in [7, 11) is 0. The Hall–Kier alpha value is -4.58. The van der Waals surface area contributed by atoms with E-state index >= 15 is 0 Å². The molecule has 0 fully saturated rings. The number of amides is 1. The maximum absolute atomic E-state index is 14.3. The number of hydrogen-bond donors (Lipinski definition) is 1.